The summed E-state index contributed by atoms with van der Waals surface area (Å²) in [5, 5.41) is 8.63. The molecule has 0 aliphatic carbocycles. The summed E-state index contributed by atoms with van der Waals surface area (Å²) >= 11 is 0. The first-order valence-corrected chi connectivity index (χ1v) is 21.1. The topological polar surface area (TPSA) is 20.2 Å². The van der Waals surface area contributed by atoms with E-state index < -0.39 is 9.60 Å². The SMILES string of the molecule is Oc1ccccc1.[Cl][W]([Cl])([Cl])([Cl])[Cl]. The molecule has 1 aromatic rings. The number of halogens is 5. The zero-order valence-corrected chi connectivity index (χ0v) is 12.8. The average molecular weight is 455 g/mol. The van der Waals surface area contributed by atoms with Crippen molar-refractivity contribution in [3.05, 3.63) is 30.3 Å². The van der Waals surface area contributed by atoms with Crippen molar-refractivity contribution in [1.29, 1.82) is 0 Å². The van der Waals surface area contributed by atoms with E-state index in [1.807, 2.05) is 6.07 Å². The number of phenols is 1. The first-order chi connectivity index (χ1) is 5.63. The summed E-state index contributed by atoms with van der Waals surface area (Å²) in [6.07, 6.45) is 0. The van der Waals surface area contributed by atoms with Gasteiger partial charge in [-0.3, -0.25) is 0 Å². The van der Waals surface area contributed by atoms with Crippen LogP contribution in [0.1, 0.15) is 0 Å². The fraction of sp³-hybridized carbons (Fsp3) is 0. The monoisotopic (exact) mass is 453 g/mol. The number of benzene rings is 1. The second-order valence-corrected chi connectivity index (χ2v) is 44.3. The summed E-state index contributed by atoms with van der Waals surface area (Å²) < 4.78 is 0. The van der Waals surface area contributed by atoms with Crippen molar-refractivity contribution in [3.63, 3.8) is 0 Å². The molecule has 0 atom stereocenters. The van der Waals surface area contributed by atoms with Crippen molar-refractivity contribution in [2.75, 3.05) is 0 Å². The van der Waals surface area contributed by atoms with Crippen LogP contribution in [0.3, 0.4) is 0 Å². The number of phenolic OH excluding ortho intramolecular Hbond substituents is 1. The summed E-state index contributed by atoms with van der Waals surface area (Å²) in [6.45, 7) is 0. The molecule has 1 aromatic carbocycles. The van der Waals surface area contributed by atoms with E-state index in [1.165, 1.54) is 0 Å². The molecule has 1 N–H and O–H groups in total. The van der Waals surface area contributed by atoms with Gasteiger partial charge in [0.1, 0.15) is 5.75 Å². The molecular formula is C6H6Cl5OW. The van der Waals surface area contributed by atoms with Gasteiger partial charge in [-0.05, 0) is 12.1 Å². The molecule has 7 heteroatoms. The molecule has 0 heterocycles. The first kappa shape index (κ1) is 14.2. The number of aromatic hydroxyl groups is 1. The van der Waals surface area contributed by atoms with E-state index in [-0.39, 0.29) is 0 Å². The van der Waals surface area contributed by atoms with E-state index in [0.717, 1.165) is 0 Å². The number of rotatable bonds is 0. The standard InChI is InChI=1S/C6H6O.5ClH.W/c7-6-4-2-1-3-5-6;;;;;;/h1-5,7H;5*1H;/q;;;;;;+5/p-5. The van der Waals surface area contributed by atoms with Gasteiger partial charge in [-0.1, -0.05) is 18.2 Å². The van der Waals surface area contributed by atoms with Gasteiger partial charge in [0.05, 0.1) is 0 Å². The van der Waals surface area contributed by atoms with Crippen molar-refractivity contribution in [3.8, 4) is 5.75 Å². The van der Waals surface area contributed by atoms with E-state index in [1.54, 1.807) is 24.3 Å². The van der Waals surface area contributed by atoms with Crippen LogP contribution in [0.2, 0.25) is 0 Å². The van der Waals surface area contributed by atoms with Crippen molar-refractivity contribution in [2.45, 2.75) is 0 Å². The molecule has 0 unspecified atom stereocenters. The van der Waals surface area contributed by atoms with Crippen LogP contribution in [0.25, 0.3) is 0 Å². The Morgan fingerprint density at radius 1 is 0.846 bits per heavy atom. The molecule has 0 bridgehead atoms. The molecule has 0 saturated carbocycles. The molecule has 0 saturated heterocycles. The van der Waals surface area contributed by atoms with E-state index in [4.69, 9.17) is 52.2 Å². The fourth-order valence-corrected chi connectivity index (χ4v) is 0.428. The van der Waals surface area contributed by atoms with Crippen LogP contribution < -0.4 is 0 Å². The van der Waals surface area contributed by atoms with Crippen LogP contribution in [0.15, 0.2) is 30.3 Å². The molecule has 0 aromatic heterocycles. The Labute approximate surface area is 97.0 Å². The molecule has 1 nitrogen and oxygen atoms in total. The molecule has 0 radical (unpaired) electrons. The molecule has 0 spiro atoms. The van der Waals surface area contributed by atoms with Crippen LogP contribution in [0.5, 0.6) is 5.75 Å². The first-order valence-electron chi connectivity index (χ1n) is 2.91. The van der Waals surface area contributed by atoms with E-state index >= 15 is 0 Å². The number of para-hydroxylation sites is 1. The van der Waals surface area contributed by atoms with Crippen molar-refractivity contribution >= 4 is 47.1 Å². The van der Waals surface area contributed by atoms with Gasteiger partial charge in [0.2, 0.25) is 0 Å². The third-order valence-electron chi connectivity index (χ3n) is 0.756. The third kappa shape index (κ3) is 19.5. The summed E-state index contributed by atoms with van der Waals surface area (Å²) in [4.78, 5) is 0. The molecule has 77 valence electrons. The van der Waals surface area contributed by atoms with Gasteiger partial charge in [0.25, 0.3) is 0 Å². The summed E-state index contributed by atoms with van der Waals surface area (Å²) in [7, 11) is 20.9. The minimum absolute atomic E-state index is 0.322. The fourth-order valence-electron chi connectivity index (χ4n) is 0.428. The summed E-state index contributed by atoms with van der Waals surface area (Å²) in [6, 6.07) is 8.71. The zero-order valence-electron chi connectivity index (χ0n) is 6.13. The van der Waals surface area contributed by atoms with Crippen LogP contribution in [-0.4, -0.2) is 5.11 Å². The van der Waals surface area contributed by atoms with Gasteiger partial charge >= 0.3 is 56.7 Å². The Morgan fingerprint density at radius 3 is 1.31 bits per heavy atom. The molecule has 1 rings (SSSR count). The number of hydrogen-bond donors (Lipinski definition) is 1. The third-order valence-corrected chi connectivity index (χ3v) is 0.756. The quantitative estimate of drug-likeness (QED) is 0.594. The molecule has 0 fully saturated rings. The van der Waals surface area contributed by atoms with E-state index in [0.29, 0.717) is 5.75 Å². The van der Waals surface area contributed by atoms with Crippen LogP contribution >= 0.6 is 47.1 Å². The second kappa shape index (κ2) is 5.30. The Balaban J connectivity index is 0.000000226. The molecule has 13 heavy (non-hydrogen) atoms. The molecule has 0 aliphatic heterocycles. The van der Waals surface area contributed by atoms with Gasteiger partial charge in [0.15, 0.2) is 0 Å². The Bertz CT molecular complexity index is 238. The summed E-state index contributed by atoms with van der Waals surface area (Å²) in [5.74, 6) is 0.322. The van der Waals surface area contributed by atoms with E-state index in [2.05, 4.69) is 0 Å². The van der Waals surface area contributed by atoms with Gasteiger partial charge in [-0.15, -0.1) is 0 Å². The van der Waals surface area contributed by atoms with Crippen LogP contribution in [0, 0.1) is 0 Å². The minimum atomic E-state index is -4.39. The molecule has 0 aliphatic rings. The van der Waals surface area contributed by atoms with Gasteiger partial charge in [0, 0.05) is 0 Å². The number of hydrogen-bond acceptors (Lipinski definition) is 1. The Hall–Kier alpha value is 1.16. The van der Waals surface area contributed by atoms with Crippen molar-refractivity contribution < 1.29 is 14.7 Å². The van der Waals surface area contributed by atoms with Gasteiger partial charge < -0.3 is 5.11 Å². The van der Waals surface area contributed by atoms with Crippen molar-refractivity contribution in [1.82, 2.24) is 0 Å². The molecular weight excluding hydrogens is 449 g/mol. The average Bonchev–Trinajstić information content (AvgIpc) is 1.83. The predicted molar refractivity (Wildman–Crippen MR) is 57.4 cm³/mol. The normalized spacial score (nSPS) is 13.5. The summed E-state index contributed by atoms with van der Waals surface area (Å²) in [5.41, 5.74) is 0. The van der Waals surface area contributed by atoms with Gasteiger partial charge in [-0.25, -0.2) is 0 Å². The van der Waals surface area contributed by atoms with E-state index in [9.17, 15) is 0 Å². The zero-order chi connectivity index (χ0) is 10.6. The van der Waals surface area contributed by atoms with Crippen LogP contribution in [0.4, 0.5) is 0 Å². The Morgan fingerprint density at radius 2 is 1.15 bits per heavy atom. The molecule has 0 amide bonds. The van der Waals surface area contributed by atoms with Gasteiger partial charge in [-0.2, -0.15) is 0 Å². The maximum atomic E-state index is 8.63. The predicted octanol–water partition coefficient (Wildman–Crippen LogP) is 4.84. The maximum absolute atomic E-state index is 8.63. The van der Waals surface area contributed by atoms with Crippen molar-refractivity contribution in [2.24, 2.45) is 0 Å². The van der Waals surface area contributed by atoms with Crippen LogP contribution in [-0.2, 0) is 9.60 Å². The Kier molecular flexibility index (Phi) is 5.77. The second-order valence-electron chi connectivity index (χ2n) is 1.92.